The largest absolute Gasteiger partial charge is 0.454 e. The number of hydrogen-bond acceptors (Lipinski definition) is 3. The van der Waals surface area contributed by atoms with Crippen molar-refractivity contribution < 1.29 is 9.47 Å². The van der Waals surface area contributed by atoms with Crippen LogP contribution < -0.4 is 9.47 Å². The molecule has 0 unspecified atom stereocenters. The molecular formula is C15H13NO2. The molecule has 0 saturated heterocycles. The second-order valence-corrected chi connectivity index (χ2v) is 4.04. The van der Waals surface area contributed by atoms with Crippen LogP contribution in [0.2, 0.25) is 0 Å². The topological polar surface area (TPSA) is 30.8 Å². The molecule has 0 spiro atoms. The van der Waals surface area contributed by atoms with Crippen molar-refractivity contribution in [3.8, 4) is 11.5 Å². The van der Waals surface area contributed by atoms with E-state index in [0.717, 1.165) is 23.6 Å². The van der Waals surface area contributed by atoms with Crippen molar-refractivity contribution in [1.82, 2.24) is 0 Å². The molecule has 0 aliphatic carbocycles. The number of benzene rings is 2. The molecule has 0 bridgehead atoms. The van der Waals surface area contributed by atoms with Crippen LogP contribution in [-0.4, -0.2) is 13.0 Å². The van der Waals surface area contributed by atoms with Gasteiger partial charge in [-0.1, -0.05) is 30.3 Å². The summed E-state index contributed by atoms with van der Waals surface area (Å²) in [6.45, 7) is 0.298. The zero-order valence-electron chi connectivity index (χ0n) is 9.87. The zero-order chi connectivity index (χ0) is 12.2. The van der Waals surface area contributed by atoms with Crippen molar-refractivity contribution in [3.05, 3.63) is 54.1 Å². The van der Waals surface area contributed by atoms with Gasteiger partial charge >= 0.3 is 0 Å². The predicted molar refractivity (Wildman–Crippen MR) is 70.9 cm³/mol. The van der Waals surface area contributed by atoms with Gasteiger partial charge in [-0.25, -0.2) is 0 Å². The third-order valence-corrected chi connectivity index (χ3v) is 2.77. The van der Waals surface area contributed by atoms with Crippen LogP contribution in [0.15, 0.2) is 53.5 Å². The fourth-order valence-electron chi connectivity index (χ4n) is 1.84. The number of nitrogens with zero attached hydrogens (tertiary/aromatic N) is 1. The average Bonchev–Trinajstić information content (AvgIpc) is 2.87. The van der Waals surface area contributed by atoms with Gasteiger partial charge in [0.15, 0.2) is 11.5 Å². The third kappa shape index (κ3) is 2.35. The van der Waals surface area contributed by atoms with Gasteiger partial charge in [0.1, 0.15) is 0 Å². The second kappa shape index (κ2) is 4.92. The highest BCUT2D eigenvalue weighted by molar-refractivity contribution is 5.67. The van der Waals surface area contributed by atoms with Gasteiger partial charge in [-0.2, -0.15) is 0 Å². The van der Waals surface area contributed by atoms with Crippen molar-refractivity contribution in [3.63, 3.8) is 0 Å². The normalized spacial score (nSPS) is 13.1. The first-order valence-corrected chi connectivity index (χ1v) is 5.88. The van der Waals surface area contributed by atoms with E-state index in [-0.39, 0.29) is 0 Å². The van der Waals surface area contributed by atoms with Crippen LogP contribution in [0.3, 0.4) is 0 Å². The van der Waals surface area contributed by atoms with Crippen LogP contribution in [-0.2, 0) is 6.42 Å². The molecule has 18 heavy (non-hydrogen) atoms. The molecule has 0 amide bonds. The SMILES string of the molecule is C(Cc1ccccc1)=Nc1ccc2c(c1)OCO2. The lowest BCUT2D eigenvalue weighted by Crippen LogP contribution is -1.92. The lowest BCUT2D eigenvalue weighted by atomic mass is 10.2. The number of aliphatic imine (C=N–C) groups is 1. The van der Waals surface area contributed by atoms with Gasteiger partial charge in [-0.3, -0.25) is 4.99 Å². The highest BCUT2D eigenvalue weighted by Crippen LogP contribution is 2.34. The summed E-state index contributed by atoms with van der Waals surface area (Å²) in [5, 5.41) is 0. The maximum atomic E-state index is 5.31. The zero-order valence-corrected chi connectivity index (χ0v) is 9.87. The van der Waals surface area contributed by atoms with Crippen molar-refractivity contribution in [1.29, 1.82) is 0 Å². The Morgan fingerprint density at radius 2 is 1.83 bits per heavy atom. The highest BCUT2D eigenvalue weighted by Gasteiger charge is 2.12. The van der Waals surface area contributed by atoms with E-state index in [9.17, 15) is 0 Å². The Bertz CT molecular complexity index is 564. The van der Waals surface area contributed by atoms with E-state index in [1.165, 1.54) is 5.56 Å². The Kier molecular flexibility index (Phi) is 2.96. The summed E-state index contributed by atoms with van der Waals surface area (Å²) in [6, 6.07) is 16.0. The molecule has 0 fully saturated rings. The van der Waals surface area contributed by atoms with Crippen LogP contribution in [0.5, 0.6) is 11.5 Å². The smallest absolute Gasteiger partial charge is 0.231 e. The summed E-state index contributed by atoms with van der Waals surface area (Å²) < 4.78 is 10.6. The standard InChI is InChI=1S/C15H13NO2/c1-2-4-12(5-3-1)8-9-16-13-6-7-14-15(10-13)18-11-17-14/h1-7,9-10H,8,11H2. The maximum Gasteiger partial charge on any atom is 0.231 e. The third-order valence-electron chi connectivity index (χ3n) is 2.77. The van der Waals surface area contributed by atoms with E-state index < -0.39 is 0 Å². The molecule has 3 heteroatoms. The van der Waals surface area contributed by atoms with Crippen LogP contribution in [0.4, 0.5) is 5.69 Å². The number of fused-ring (bicyclic) bond motifs is 1. The van der Waals surface area contributed by atoms with Crippen LogP contribution in [0.25, 0.3) is 0 Å². The fraction of sp³-hybridized carbons (Fsp3) is 0.133. The molecule has 0 radical (unpaired) electrons. The van der Waals surface area contributed by atoms with Gasteiger partial charge in [0.25, 0.3) is 0 Å². The molecule has 0 aromatic heterocycles. The van der Waals surface area contributed by atoms with Gasteiger partial charge in [-0.15, -0.1) is 0 Å². The molecule has 2 aromatic carbocycles. The molecule has 1 aliphatic rings. The monoisotopic (exact) mass is 239 g/mol. The van der Waals surface area contributed by atoms with Gasteiger partial charge < -0.3 is 9.47 Å². The van der Waals surface area contributed by atoms with Crippen LogP contribution >= 0.6 is 0 Å². The molecule has 0 atom stereocenters. The van der Waals surface area contributed by atoms with Crippen molar-refractivity contribution in [2.75, 3.05) is 6.79 Å². The van der Waals surface area contributed by atoms with Crippen molar-refractivity contribution in [2.24, 2.45) is 4.99 Å². The van der Waals surface area contributed by atoms with E-state index in [4.69, 9.17) is 9.47 Å². The van der Waals surface area contributed by atoms with Gasteiger partial charge in [0.05, 0.1) is 5.69 Å². The molecule has 1 aliphatic heterocycles. The van der Waals surface area contributed by atoms with Crippen LogP contribution in [0, 0.1) is 0 Å². The Morgan fingerprint density at radius 3 is 2.72 bits per heavy atom. The molecular weight excluding hydrogens is 226 g/mol. The van der Waals surface area contributed by atoms with Crippen LogP contribution in [0.1, 0.15) is 5.56 Å². The number of rotatable bonds is 3. The lowest BCUT2D eigenvalue weighted by molar-refractivity contribution is 0.174. The molecule has 3 nitrogen and oxygen atoms in total. The number of ether oxygens (including phenoxy) is 2. The maximum absolute atomic E-state index is 5.31. The predicted octanol–water partition coefficient (Wildman–Crippen LogP) is 3.36. The van der Waals surface area contributed by atoms with Gasteiger partial charge in [-0.05, 0) is 17.7 Å². The average molecular weight is 239 g/mol. The molecule has 1 heterocycles. The fourth-order valence-corrected chi connectivity index (χ4v) is 1.84. The Hall–Kier alpha value is -2.29. The van der Waals surface area contributed by atoms with E-state index in [1.807, 2.05) is 42.6 Å². The highest BCUT2D eigenvalue weighted by atomic mass is 16.7. The molecule has 0 N–H and O–H groups in total. The minimum Gasteiger partial charge on any atom is -0.454 e. The molecule has 90 valence electrons. The molecule has 0 saturated carbocycles. The summed E-state index contributed by atoms with van der Waals surface area (Å²) in [4.78, 5) is 4.42. The van der Waals surface area contributed by atoms with Crippen molar-refractivity contribution in [2.45, 2.75) is 6.42 Å². The summed E-state index contributed by atoms with van der Waals surface area (Å²) in [6.07, 6.45) is 2.74. The first-order chi connectivity index (χ1) is 8.92. The van der Waals surface area contributed by atoms with E-state index in [1.54, 1.807) is 0 Å². The minimum atomic E-state index is 0.298. The molecule has 2 aromatic rings. The lowest BCUT2D eigenvalue weighted by Gasteiger charge is -1.98. The van der Waals surface area contributed by atoms with Gasteiger partial charge in [0.2, 0.25) is 6.79 Å². The summed E-state index contributed by atoms with van der Waals surface area (Å²) >= 11 is 0. The second-order valence-electron chi connectivity index (χ2n) is 4.04. The Morgan fingerprint density at radius 1 is 1.00 bits per heavy atom. The van der Waals surface area contributed by atoms with E-state index >= 15 is 0 Å². The first-order valence-electron chi connectivity index (χ1n) is 5.88. The number of hydrogen-bond donors (Lipinski definition) is 0. The first kappa shape index (κ1) is 10.8. The van der Waals surface area contributed by atoms with E-state index in [0.29, 0.717) is 6.79 Å². The van der Waals surface area contributed by atoms with E-state index in [2.05, 4.69) is 17.1 Å². The Labute approximate surface area is 106 Å². The van der Waals surface area contributed by atoms with Gasteiger partial charge in [0, 0.05) is 18.7 Å². The van der Waals surface area contributed by atoms with Crippen molar-refractivity contribution >= 4 is 11.9 Å². The quantitative estimate of drug-likeness (QED) is 0.769. The Balaban J connectivity index is 1.69. The minimum absolute atomic E-state index is 0.298. The summed E-state index contributed by atoms with van der Waals surface area (Å²) in [7, 11) is 0. The molecule has 3 rings (SSSR count). The summed E-state index contributed by atoms with van der Waals surface area (Å²) in [5.74, 6) is 1.56. The summed E-state index contributed by atoms with van der Waals surface area (Å²) in [5.41, 5.74) is 2.14.